The van der Waals surface area contributed by atoms with Crippen molar-refractivity contribution in [2.75, 3.05) is 0 Å². The molecule has 106 valence electrons. The van der Waals surface area contributed by atoms with Crippen molar-refractivity contribution in [2.24, 2.45) is 0 Å². The van der Waals surface area contributed by atoms with Crippen LogP contribution in [0.25, 0.3) is 0 Å². The summed E-state index contributed by atoms with van der Waals surface area (Å²) < 4.78 is 0. The number of nitrogens with zero attached hydrogens (tertiary/aromatic N) is 2. The largest absolute Gasteiger partial charge is 0.347 e. The Bertz CT molecular complexity index is 551. The van der Waals surface area contributed by atoms with E-state index in [2.05, 4.69) is 22.2 Å². The van der Waals surface area contributed by atoms with Crippen LogP contribution in [0.15, 0.2) is 36.7 Å². The summed E-state index contributed by atoms with van der Waals surface area (Å²) in [4.78, 5) is 17.6. The van der Waals surface area contributed by atoms with E-state index in [0.717, 1.165) is 17.8 Å². The average Bonchev–Trinajstić information content (AvgIpc) is 2.98. The van der Waals surface area contributed by atoms with Gasteiger partial charge in [0.1, 0.15) is 5.82 Å². The zero-order chi connectivity index (χ0) is 14.5. The minimum atomic E-state index is -0.389. The van der Waals surface area contributed by atoms with Crippen molar-refractivity contribution in [2.45, 2.75) is 32.4 Å². The molecule has 0 saturated carbocycles. The summed E-state index contributed by atoms with van der Waals surface area (Å²) in [6.45, 7) is 4.12. The van der Waals surface area contributed by atoms with E-state index in [1.54, 1.807) is 24.5 Å². The minimum Gasteiger partial charge on any atom is -0.347 e. The molecule has 0 aliphatic rings. The molecule has 1 heterocycles. The van der Waals surface area contributed by atoms with Crippen molar-refractivity contribution in [3.63, 3.8) is 0 Å². The van der Waals surface area contributed by atoms with Crippen LogP contribution in [0, 0.1) is 10.1 Å². The fourth-order valence-electron chi connectivity index (χ4n) is 2.14. The van der Waals surface area contributed by atoms with Crippen LogP contribution in [0.2, 0.25) is 0 Å². The summed E-state index contributed by atoms with van der Waals surface area (Å²) in [5.74, 6) is 0.904. The van der Waals surface area contributed by atoms with Gasteiger partial charge in [0.2, 0.25) is 0 Å². The predicted molar refractivity (Wildman–Crippen MR) is 76.3 cm³/mol. The molecule has 1 aromatic carbocycles. The molecule has 0 aliphatic carbocycles. The van der Waals surface area contributed by atoms with Crippen molar-refractivity contribution < 1.29 is 4.92 Å². The summed E-state index contributed by atoms with van der Waals surface area (Å²) in [5.41, 5.74) is 1.12. The maximum Gasteiger partial charge on any atom is 0.269 e. The molecule has 1 aromatic heterocycles. The number of nitrogens with one attached hydrogen (secondary N) is 2. The Kier molecular flexibility index (Phi) is 4.47. The lowest BCUT2D eigenvalue weighted by Crippen LogP contribution is -2.25. The summed E-state index contributed by atoms with van der Waals surface area (Å²) in [5, 5.41) is 14.1. The van der Waals surface area contributed by atoms with E-state index in [0.29, 0.717) is 0 Å². The lowest BCUT2D eigenvalue weighted by Gasteiger charge is -2.21. The van der Waals surface area contributed by atoms with Crippen LogP contribution in [0.3, 0.4) is 0 Å². The van der Waals surface area contributed by atoms with Crippen LogP contribution in [-0.4, -0.2) is 14.9 Å². The lowest BCUT2D eigenvalue weighted by atomic mass is 10.1. The zero-order valence-electron chi connectivity index (χ0n) is 11.5. The SMILES string of the molecule is CCC(NC(C)c1ccc([N+](=O)[O-])cc1)c1ncc[nH]1. The number of aromatic nitrogens is 2. The summed E-state index contributed by atoms with van der Waals surface area (Å²) in [7, 11) is 0. The second-order valence-electron chi connectivity index (χ2n) is 4.67. The van der Waals surface area contributed by atoms with E-state index < -0.39 is 0 Å². The number of non-ortho nitro benzene ring substituents is 1. The van der Waals surface area contributed by atoms with Crippen molar-refractivity contribution in [3.05, 3.63) is 58.2 Å². The third-order valence-electron chi connectivity index (χ3n) is 3.31. The van der Waals surface area contributed by atoms with Crippen LogP contribution in [-0.2, 0) is 0 Å². The minimum absolute atomic E-state index is 0.0888. The van der Waals surface area contributed by atoms with E-state index in [4.69, 9.17) is 0 Å². The van der Waals surface area contributed by atoms with Crippen LogP contribution in [0.4, 0.5) is 5.69 Å². The molecule has 0 radical (unpaired) electrons. The van der Waals surface area contributed by atoms with Gasteiger partial charge in [-0.15, -0.1) is 0 Å². The van der Waals surface area contributed by atoms with Crippen LogP contribution in [0.5, 0.6) is 0 Å². The van der Waals surface area contributed by atoms with Crippen molar-refractivity contribution in [1.82, 2.24) is 15.3 Å². The molecule has 20 heavy (non-hydrogen) atoms. The smallest absolute Gasteiger partial charge is 0.269 e. The van der Waals surface area contributed by atoms with Gasteiger partial charge in [-0.05, 0) is 18.9 Å². The first kappa shape index (κ1) is 14.2. The Morgan fingerprint density at radius 1 is 1.40 bits per heavy atom. The zero-order valence-corrected chi connectivity index (χ0v) is 11.5. The number of nitro groups is 1. The fraction of sp³-hybridized carbons (Fsp3) is 0.357. The summed E-state index contributed by atoms with van der Waals surface area (Å²) in [6, 6.07) is 6.85. The standard InChI is InChI=1S/C14H18N4O2/c1-3-13(14-15-8-9-16-14)17-10(2)11-4-6-12(7-5-11)18(19)20/h4-10,13,17H,3H2,1-2H3,(H,15,16). The van der Waals surface area contributed by atoms with E-state index in [1.807, 2.05) is 6.92 Å². The van der Waals surface area contributed by atoms with Gasteiger partial charge in [0.05, 0.1) is 11.0 Å². The highest BCUT2D eigenvalue weighted by molar-refractivity contribution is 5.34. The number of hydrogen-bond acceptors (Lipinski definition) is 4. The number of aromatic amines is 1. The van der Waals surface area contributed by atoms with Crippen LogP contribution >= 0.6 is 0 Å². The lowest BCUT2D eigenvalue weighted by molar-refractivity contribution is -0.384. The summed E-state index contributed by atoms with van der Waals surface area (Å²) >= 11 is 0. The molecule has 0 amide bonds. The molecule has 2 rings (SSSR count). The number of hydrogen-bond donors (Lipinski definition) is 2. The maximum absolute atomic E-state index is 10.6. The predicted octanol–water partition coefficient (Wildman–Crippen LogP) is 3.12. The van der Waals surface area contributed by atoms with E-state index >= 15 is 0 Å². The van der Waals surface area contributed by atoms with E-state index in [-0.39, 0.29) is 22.7 Å². The highest BCUT2D eigenvalue weighted by Gasteiger charge is 2.16. The Morgan fingerprint density at radius 2 is 2.10 bits per heavy atom. The quantitative estimate of drug-likeness (QED) is 0.626. The van der Waals surface area contributed by atoms with Gasteiger partial charge in [-0.25, -0.2) is 4.98 Å². The molecule has 0 aliphatic heterocycles. The first-order chi connectivity index (χ1) is 9.61. The van der Waals surface area contributed by atoms with Crippen LogP contribution in [0.1, 0.15) is 43.7 Å². The van der Waals surface area contributed by atoms with Gasteiger partial charge in [0.15, 0.2) is 0 Å². The molecule has 2 unspecified atom stereocenters. The first-order valence-electron chi connectivity index (χ1n) is 6.61. The molecule has 0 fully saturated rings. The average molecular weight is 274 g/mol. The Labute approximate surface area is 117 Å². The molecule has 6 heteroatoms. The number of imidazole rings is 1. The number of rotatable bonds is 6. The third kappa shape index (κ3) is 3.21. The molecule has 2 aromatic rings. The molecule has 6 nitrogen and oxygen atoms in total. The van der Waals surface area contributed by atoms with Crippen LogP contribution < -0.4 is 5.32 Å². The molecule has 2 N–H and O–H groups in total. The first-order valence-corrected chi connectivity index (χ1v) is 6.61. The molecule has 0 saturated heterocycles. The summed E-state index contributed by atoms with van der Waals surface area (Å²) in [6.07, 6.45) is 4.44. The molecular formula is C14H18N4O2. The topological polar surface area (TPSA) is 83.8 Å². The Balaban J connectivity index is 2.07. The second-order valence-corrected chi connectivity index (χ2v) is 4.67. The van der Waals surface area contributed by atoms with Gasteiger partial charge in [0.25, 0.3) is 5.69 Å². The van der Waals surface area contributed by atoms with Gasteiger partial charge < -0.3 is 10.3 Å². The number of nitro benzene ring substituents is 1. The monoisotopic (exact) mass is 274 g/mol. The highest BCUT2D eigenvalue weighted by Crippen LogP contribution is 2.21. The maximum atomic E-state index is 10.6. The third-order valence-corrected chi connectivity index (χ3v) is 3.31. The van der Waals surface area contributed by atoms with Gasteiger partial charge in [-0.1, -0.05) is 19.1 Å². The molecule has 0 bridgehead atoms. The molecular weight excluding hydrogens is 256 g/mol. The Hall–Kier alpha value is -2.21. The second kappa shape index (κ2) is 6.29. The fourth-order valence-corrected chi connectivity index (χ4v) is 2.14. The molecule has 0 spiro atoms. The van der Waals surface area contributed by atoms with Gasteiger partial charge >= 0.3 is 0 Å². The Morgan fingerprint density at radius 3 is 2.60 bits per heavy atom. The van der Waals surface area contributed by atoms with Crippen molar-refractivity contribution in [1.29, 1.82) is 0 Å². The van der Waals surface area contributed by atoms with Crippen molar-refractivity contribution in [3.8, 4) is 0 Å². The normalized spacial score (nSPS) is 13.9. The van der Waals surface area contributed by atoms with E-state index in [9.17, 15) is 10.1 Å². The van der Waals surface area contributed by atoms with Gasteiger partial charge in [-0.3, -0.25) is 10.1 Å². The molecule has 2 atom stereocenters. The van der Waals surface area contributed by atoms with Gasteiger partial charge in [-0.2, -0.15) is 0 Å². The number of benzene rings is 1. The number of H-pyrrole nitrogens is 1. The van der Waals surface area contributed by atoms with Crippen molar-refractivity contribution >= 4 is 5.69 Å². The highest BCUT2D eigenvalue weighted by atomic mass is 16.6. The van der Waals surface area contributed by atoms with E-state index in [1.165, 1.54) is 12.1 Å². The van der Waals surface area contributed by atoms with Gasteiger partial charge in [0, 0.05) is 30.6 Å².